The fourth-order valence-electron chi connectivity index (χ4n) is 4.96. The lowest BCUT2D eigenvalue weighted by atomic mass is 10.1. The number of allylic oxidation sites excluding steroid dienone is 12. The van der Waals surface area contributed by atoms with Crippen molar-refractivity contribution in [2.75, 3.05) is 47.5 Å². The highest BCUT2D eigenvalue weighted by atomic mass is 16.7. The van der Waals surface area contributed by atoms with Crippen LogP contribution in [0.4, 0.5) is 0 Å². The summed E-state index contributed by atoms with van der Waals surface area (Å²) in [6, 6.07) is 0. The lowest BCUT2D eigenvalue weighted by molar-refractivity contribution is -0.870. The molecule has 54 heavy (non-hydrogen) atoms. The van der Waals surface area contributed by atoms with Crippen LogP contribution < -0.4 is 0 Å². The van der Waals surface area contributed by atoms with Crippen LogP contribution in [0.2, 0.25) is 0 Å². The minimum absolute atomic E-state index is 0.173. The Morgan fingerprint density at radius 2 is 1.06 bits per heavy atom. The molecule has 0 saturated carbocycles. The number of nitrogens with zero attached hydrogens (tertiary/aromatic N) is 1. The summed E-state index contributed by atoms with van der Waals surface area (Å²) in [5.74, 6) is -2.10. The SMILES string of the molecule is CC/C=C\C/C=C\C/C=C\C/C=C\CCCCC(=O)OC(COC(=O)CCCCCCC/C=C\C/C=C\CCCC)COC(OCC[N+](C)(C)C)C(=O)O. The second-order valence-electron chi connectivity index (χ2n) is 14.6. The van der Waals surface area contributed by atoms with Gasteiger partial charge in [-0.15, -0.1) is 0 Å². The molecule has 0 aromatic rings. The molecule has 0 aromatic carbocycles. The number of hydrogen-bond acceptors (Lipinski definition) is 7. The van der Waals surface area contributed by atoms with Gasteiger partial charge >= 0.3 is 17.9 Å². The highest BCUT2D eigenvalue weighted by Gasteiger charge is 2.25. The number of aliphatic carboxylic acids is 1. The van der Waals surface area contributed by atoms with Crippen LogP contribution in [0, 0.1) is 0 Å². The van der Waals surface area contributed by atoms with Gasteiger partial charge in [0, 0.05) is 12.8 Å². The van der Waals surface area contributed by atoms with E-state index in [2.05, 4.69) is 86.8 Å². The molecule has 1 N–H and O–H groups in total. The summed E-state index contributed by atoms with van der Waals surface area (Å²) in [5, 5.41) is 9.61. The van der Waals surface area contributed by atoms with Crippen molar-refractivity contribution in [2.45, 2.75) is 148 Å². The Balaban J connectivity index is 4.62. The molecule has 0 rings (SSSR count). The topological polar surface area (TPSA) is 108 Å². The summed E-state index contributed by atoms with van der Waals surface area (Å²) in [6.45, 7) is 4.61. The van der Waals surface area contributed by atoms with Crippen molar-refractivity contribution in [1.29, 1.82) is 0 Å². The Kier molecular flexibility index (Phi) is 34.5. The maximum absolute atomic E-state index is 12.7. The number of carboxylic acid groups (broad SMARTS) is 1. The Morgan fingerprint density at radius 1 is 0.574 bits per heavy atom. The van der Waals surface area contributed by atoms with E-state index in [-0.39, 0.29) is 38.6 Å². The summed E-state index contributed by atoms with van der Waals surface area (Å²) >= 11 is 0. The van der Waals surface area contributed by atoms with E-state index in [1.807, 2.05) is 21.1 Å². The third kappa shape index (κ3) is 37.1. The molecule has 0 aliphatic heterocycles. The zero-order valence-electron chi connectivity index (χ0n) is 34.6. The number of ether oxygens (including phenoxy) is 4. The van der Waals surface area contributed by atoms with Crippen molar-refractivity contribution in [1.82, 2.24) is 0 Å². The maximum Gasteiger partial charge on any atom is 0.361 e. The number of rotatable bonds is 36. The number of unbranched alkanes of at least 4 members (excludes halogenated alkanes) is 9. The largest absolute Gasteiger partial charge is 0.477 e. The van der Waals surface area contributed by atoms with Gasteiger partial charge in [0.1, 0.15) is 13.2 Å². The lowest BCUT2D eigenvalue weighted by Crippen LogP contribution is -2.40. The highest BCUT2D eigenvalue weighted by molar-refractivity contribution is 5.71. The van der Waals surface area contributed by atoms with E-state index in [1.165, 1.54) is 12.8 Å². The molecule has 308 valence electrons. The third-order valence-corrected chi connectivity index (χ3v) is 8.20. The molecule has 2 atom stereocenters. The minimum atomic E-state index is -1.53. The van der Waals surface area contributed by atoms with Gasteiger partial charge in [-0.25, -0.2) is 4.79 Å². The predicted molar refractivity (Wildman–Crippen MR) is 221 cm³/mol. The van der Waals surface area contributed by atoms with Crippen LogP contribution in [0.5, 0.6) is 0 Å². The first-order chi connectivity index (χ1) is 26.1. The standard InChI is InChI=1S/C45H75NO8/c1-6-8-10-12-14-16-18-20-22-24-26-28-30-32-34-36-43(48)54-41(40-53-45(44(49)50)51-38-37-46(3,4)5)39-52-42(47)35-33-31-29-27-25-23-21-19-17-15-13-11-9-7-2/h8,10,13-16,19-22,26,28,41,45H,6-7,9,11-12,17-18,23-25,27,29-40H2,1-5H3/p+1/b10-8-,15-13-,16-14-,21-19-,22-20-,28-26-. The van der Waals surface area contributed by atoms with Gasteiger partial charge in [0.15, 0.2) is 6.10 Å². The van der Waals surface area contributed by atoms with Gasteiger partial charge in [-0.2, -0.15) is 0 Å². The highest BCUT2D eigenvalue weighted by Crippen LogP contribution is 2.11. The molecule has 2 unspecified atom stereocenters. The zero-order chi connectivity index (χ0) is 40.0. The number of hydrogen-bond donors (Lipinski definition) is 1. The van der Waals surface area contributed by atoms with Crippen LogP contribution in [0.25, 0.3) is 0 Å². The fraction of sp³-hybridized carbons (Fsp3) is 0.667. The van der Waals surface area contributed by atoms with Gasteiger partial charge < -0.3 is 28.5 Å². The monoisotopic (exact) mass is 759 g/mol. The summed E-state index contributed by atoms with van der Waals surface area (Å²) in [4.78, 5) is 37.0. The quantitative estimate of drug-likeness (QED) is 0.0221. The van der Waals surface area contributed by atoms with E-state index < -0.39 is 24.3 Å². The Bertz CT molecular complexity index is 1120. The van der Waals surface area contributed by atoms with Crippen LogP contribution in [-0.2, 0) is 33.3 Å². The van der Waals surface area contributed by atoms with Crippen LogP contribution in [0.3, 0.4) is 0 Å². The van der Waals surface area contributed by atoms with E-state index in [1.54, 1.807) is 0 Å². The van der Waals surface area contributed by atoms with Crippen molar-refractivity contribution in [3.63, 3.8) is 0 Å². The molecule has 0 aliphatic carbocycles. The summed E-state index contributed by atoms with van der Waals surface area (Å²) < 4.78 is 22.6. The molecule has 0 radical (unpaired) electrons. The molecular weight excluding hydrogens is 682 g/mol. The molecule has 0 aromatic heterocycles. The molecule has 0 spiro atoms. The van der Waals surface area contributed by atoms with Crippen molar-refractivity contribution >= 4 is 17.9 Å². The fourth-order valence-corrected chi connectivity index (χ4v) is 4.96. The minimum Gasteiger partial charge on any atom is -0.477 e. The van der Waals surface area contributed by atoms with E-state index in [0.29, 0.717) is 17.4 Å². The molecule has 0 bridgehead atoms. The number of esters is 2. The van der Waals surface area contributed by atoms with E-state index >= 15 is 0 Å². The number of carbonyl (C=O) groups is 3. The predicted octanol–water partition coefficient (Wildman–Crippen LogP) is 10.4. The van der Waals surface area contributed by atoms with Crippen molar-refractivity contribution < 1.29 is 42.9 Å². The number of carboxylic acids is 1. The van der Waals surface area contributed by atoms with Gasteiger partial charge in [-0.1, -0.05) is 119 Å². The second kappa shape index (κ2) is 36.7. The lowest BCUT2D eigenvalue weighted by Gasteiger charge is -2.25. The molecule has 0 amide bonds. The third-order valence-electron chi connectivity index (χ3n) is 8.20. The van der Waals surface area contributed by atoms with Crippen molar-refractivity contribution in [3.05, 3.63) is 72.9 Å². The average molecular weight is 759 g/mol. The average Bonchev–Trinajstić information content (AvgIpc) is 3.12. The van der Waals surface area contributed by atoms with Gasteiger partial charge in [0.2, 0.25) is 0 Å². The molecule has 9 nitrogen and oxygen atoms in total. The van der Waals surface area contributed by atoms with Gasteiger partial charge in [0.25, 0.3) is 6.29 Å². The molecule has 0 fully saturated rings. The smallest absolute Gasteiger partial charge is 0.361 e. The number of carbonyl (C=O) groups excluding carboxylic acids is 2. The summed E-state index contributed by atoms with van der Waals surface area (Å²) in [5.41, 5.74) is 0. The first-order valence-electron chi connectivity index (χ1n) is 20.6. The summed E-state index contributed by atoms with van der Waals surface area (Å²) in [6.07, 6.45) is 41.1. The van der Waals surface area contributed by atoms with Crippen LogP contribution in [0.1, 0.15) is 136 Å². The van der Waals surface area contributed by atoms with Crippen LogP contribution >= 0.6 is 0 Å². The van der Waals surface area contributed by atoms with Crippen molar-refractivity contribution in [2.24, 2.45) is 0 Å². The summed E-state index contributed by atoms with van der Waals surface area (Å²) in [7, 11) is 5.92. The Morgan fingerprint density at radius 3 is 1.61 bits per heavy atom. The first kappa shape index (κ1) is 50.7. The van der Waals surface area contributed by atoms with Gasteiger partial charge in [-0.3, -0.25) is 9.59 Å². The molecule has 0 saturated heterocycles. The molecule has 0 heterocycles. The normalized spacial score (nSPS) is 13.7. The molecule has 9 heteroatoms. The maximum atomic E-state index is 12.7. The molecular formula is C45H76NO8+. The molecule has 0 aliphatic rings. The van der Waals surface area contributed by atoms with Gasteiger partial charge in [0.05, 0.1) is 34.4 Å². The van der Waals surface area contributed by atoms with E-state index in [4.69, 9.17) is 18.9 Å². The van der Waals surface area contributed by atoms with Gasteiger partial charge in [-0.05, 0) is 77.0 Å². The van der Waals surface area contributed by atoms with E-state index in [0.717, 1.165) is 89.9 Å². The second-order valence-corrected chi connectivity index (χ2v) is 14.6. The van der Waals surface area contributed by atoms with Crippen LogP contribution in [0.15, 0.2) is 72.9 Å². The zero-order valence-corrected chi connectivity index (χ0v) is 34.6. The Hall–Kier alpha value is -3.27. The van der Waals surface area contributed by atoms with Crippen molar-refractivity contribution in [3.8, 4) is 0 Å². The number of likely N-dealkylation sites (N-methyl/N-ethyl adjacent to an activating group) is 1. The Labute approximate surface area is 328 Å². The first-order valence-corrected chi connectivity index (χ1v) is 20.6. The van der Waals surface area contributed by atoms with E-state index in [9.17, 15) is 19.5 Å². The van der Waals surface area contributed by atoms with Crippen LogP contribution in [-0.4, -0.2) is 87.4 Å². The number of quaternary nitrogens is 1.